The van der Waals surface area contributed by atoms with Gasteiger partial charge < -0.3 is 20.7 Å². The molecule has 1 aliphatic rings. The number of carbonyl (C=O) groups excluding carboxylic acids is 2. The van der Waals surface area contributed by atoms with Crippen LogP contribution in [0.5, 0.6) is 0 Å². The van der Waals surface area contributed by atoms with Crippen LogP contribution in [0.3, 0.4) is 0 Å². The minimum atomic E-state index is -0.590. The highest BCUT2D eigenvalue weighted by molar-refractivity contribution is 7.17. The topological polar surface area (TPSA) is 110 Å². The third-order valence-electron chi connectivity index (χ3n) is 5.77. The Kier molecular flexibility index (Phi) is 8.44. The Balaban J connectivity index is 1.98. The van der Waals surface area contributed by atoms with Crippen molar-refractivity contribution in [1.82, 2.24) is 10.2 Å². The SMILES string of the molecule is CC(C)CN(c1ccc([C@H](C)COC=O)cc1Nc1nnc(C(N)=O)s1)C1CCCCC1. The van der Waals surface area contributed by atoms with Crippen molar-refractivity contribution in [3.63, 3.8) is 0 Å². The van der Waals surface area contributed by atoms with Gasteiger partial charge in [0.2, 0.25) is 10.1 Å². The average molecular weight is 460 g/mol. The predicted molar refractivity (Wildman–Crippen MR) is 128 cm³/mol. The van der Waals surface area contributed by atoms with E-state index in [4.69, 9.17) is 10.5 Å². The molecule has 1 heterocycles. The van der Waals surface area contributed by atoms with Crippen LogP contribution in [0.1, 0.15) is 74.2 Å². The second kappa shape index (κ2) is 11.3. The van der Waals surface area contributed by atoms with Crippen molar-refractivity contribution in [2.45, 2.75) is 64.8 Å². The molecule has 1 aliphatic carbocycles. The van der Waals surface area contributed by atoms with Gasteiger partial charge in [-0.2, -0.15) is 0 Å². The average Bonchev–Trinajstić information content (AvgIpc) is 3.25. The molecule has 1 amide bonds. The first-order valence-corrected chi connectivity index (χ1v) is 12.1. The normalized spacial score (nSPS) is 15.4. The monoisotopic (exact) mass is 459 g/mol. The fraction of sp³-hybridized carbons (Fsp3) is 0.565. The van der Waals surface area contributed by atoms with Crippen LogP contribution in [-0.2, 0) is 9.53 Å². The first-order valence-electron chi connectivity index (χ1n) is 11.2. The molecule has 0 bridgehead atoms. The van der Waals surface area contributed by atoms with E-state index in [2.05, 4.69) is 52.5 Å². The summed E-state index contributed by atoms with van der Waals surface area (Å²) >= 11 is 1.14. The van der Waals surface area contributed by atoms with Crippen LogP contribution < -0.4 is 16.0 Å². The molecule has 1 aromatic carbocycles. The van der Waals surface area contributed by atoms with E-state index in [0.29, 0.717) is 30.2 Å². The van der Waals surface area contributed by atoms with Crippen molar-refractivity contribution in [2.75, 3.05) is 23.4 Å². The smallest absolute Gasteiger partial charge is 0.293 e. The van der Waals surface area contributed by atoms with Gasteiger partial charge in [0.05, 0.1) is 18.0 Å². The van der Waals surface area contributed by atoms with Gasteiger partial charge in [0.15, 0.2) is 0 Å². The summed E-state index contributed by atoms with van der Waals surface area (Å²) in [7, 11) is 0. The molecule has 9 heteroatoms. The number of primary amides is 1. The van der Waals surface area contributed by atoms with Crippen LogP contribution in [-0.4, -0.2) is 41.8 Å². The van der Waals surface area contributed by atoms with E-state index >= 15 is 0 Å². The summed E-state index contributed by atoms with van der Waals surface area (Å²) < 4.78 is 4.98. The summed E-state index contributed by atoms with van der Waals surface area (Å²) in [5.74, 6) is -0.0428. The highest BCUT2D eigenvalue weighted by atomic mass is 32.1. The van der Waals surface area contributed by atoms with E-state index in [0.717, 1.165) is 34.8 Å². The van der Waals surface area contributed by atoms with Gasteiger partial charge in [0.1, 0.15) is 0 Å². The van der Waals surface area contributed by atoms with Gasteiger partial charge in [-0.25, -0.2) is 0 Å². The molecule has 0 aliphatic heterocycles. The Morgan fingerprint density at radius 2 is 2.03 bits per heavy atom. The third kappa shape index (κ3) is 6.18. The maximum absolute atomic E-state index is 11.5. The van der Waals surface area contributed by atoms with Crippen LogP contribution in [0, 0.1) is 5.92 Å². The van der Waals surface area contributed by atoms with Gasteiger partial charge in [-0.1, -0.05) is 57.4 Å². The van der Waals surface area contributed by atoms with Gasteiger partial charge in [-0.3, -0.25) is 9.59 Å². The lowest BCUT2D eigenvalue weighted by atomic mass is 9.92. The summed E-state index contributed by atoms with van der Waals surface area (Å²) in [6, 6.07) is 6.81. The molecule has 1 atom stereocenters. The summed E-state index contributed by atoms with van der Waals surface area (Å²) in [6.45, 7) is 8.23. The van der Waals surface area contributed by atoms with E-state index in [1.165, 1.54) is 32.1 Å². The van der Waals surface area contributed by atoms with Gasteiger partial charge in [0.25, 0.3) is 12.4 Å². The number of hydrogen-bond donors (Lipinski definition) is 2. The van der Waals surface area contributed by atoms with E-state index < -0.39 is 5.91 Å². The number of carbonyl (C=O) groups is 2. The molecule has 1 fully saturated rings. The highest BCUT2D eigenvalue weighted by Gasteiger charge is 2.25. The van der Waals surface area contributed by atoms with Crippen LogP contribution in [0.25, 0.3) is 0 Å². The molecular formula is C23H33N5O3S. The van der Waals surface area contributed by atoms with E-state index in [9.17, 15) is 9.59 Å². The molecule has 0 unspecified atom stereocenters. The maximum atomic E-state index is 11.5. The molecule has 1 saturated carbocycles. The molecule has 2 aromatic rings. The zero-order chi connectivity index (χ0) is 23.1. The summed E-state index contributed by atoms with van der Waals surface area (Å²) in [5.41, 5.74) is 8.41. The zero-order valence-electron chi connectivity index (χ0n) is 19.0. The van der Waals surface area contributed by atoms with Crippen molar-refractivity contribution in [2.24, 2.45) is 11.7 Å². The zero-order valence-corrected chi connectivity index (χ0v) is 19.9. The lowest BCUT2D eigenvalue weighted by Crippen LogP contribution is -2.39. The number of amides is 1. The van der Waals surface area contributed by atoms with Gasteiger partial charge in [-0.15, -0.1) is 10.2 Å². The number of ether oxygens (including phenoxy) is 1. The molecule has 0 radical (unpaired) electrons. The Morgan fingerprint density at radius 3 is 2.66 bits per heavy atom. The number of nitrogens with one attached hydrogen (secondary N) is 1. The molecule has 3 N–H and O–H groups in total. The van der Waals surface area contributed by atoms with Gasteiger partial charge >= 0.3 is 0 Å². The summed E-state index contributed by atoms with van der Waals surface area (Å²) in [5, 5.41) is 12.0. The minimum Gasteiger partial charge on any atom is -0.467 e. The van der Waals surface area contributed by atoms with Crippen LogP contribution in [0.15, 0.2) is 18.2 Å². The van der Waals surface area contributed by atoms with Crippen molar-refractivity contribution >= 4 is 40.2 Å². The summed E-state index contributed by atoms with van der Waals surface area (Å²) in [4.78, 5) is 24.6. The second-order valence-electron chi connectivity index (χ2n) is 8.85. The fourth-order valence-corrected chi connectivity index (χ4v) is 4.82. The number of rotatable bonds is 11. The highest BCUT2D eigenvalue weighted by Crippen LogP contribution is 2.37. The Hall–Kier alpha value is -2.68. The molecule has 32 heavy (non-hydrogen) atoms. The number of nitrogens with zero attached hydrogens (tertiary/aromatic N) is 3. The Labute approximate surface area is 193 Å². The molecule has 174 valence electrons. The number of benzene rings is 1. The fourth-order valence-electron chi connectivity index (χ4n) is 4.21. The largest absolute Gasteiger partial charge is 0.467 e. The number of anilines is 3. The lowest BCUT2D eigenvalue weighted by molar-refractivity contribution is -0.129. The van der Waals surface area contributed by atoms with Crippen molar-refractivity contribution in [3.05, 3.63) is 28.8 Å². The van der Waals surface area contributed by atoms with Gasteiger partial charge in [0, 0.05) is 18.5 Å². The Bertz CT molecular complexity index is 911. The van der Waals surface area contributed by atoms with Crippen molar-refractivity contribution < 1.29 is 14.3 Å². The molecule has 0 spiro atoms. The van der Waals surface area contributed by atoms with Crippen LogP contribution in [0.2, 0.25) is 0 Å². The van der Waals surface area contributed by atoms with E-state index in [-0.39, 0.29) is 10.9 Å². The number of nitrogens with two attached hydrogens (primary N) is 1. The van der Waals surface area contributed by atoms with Crippen molar-refractivity contribution in [3.8, 4) is 0 Å². The predicted octanol–water partition coefficient (Wildman–Crippen LogP) is 4.45. The van der Waals surface area contributed by atoms with Crippen LogP contribution in [0.4, 0.5) is 16.5 Å². The molecule has 3 rings (SSSR count). The first kappa shape index (κ1) is 24.0. The lowest BCUT2D eigenvalue weighted by Gasteiger charge is -2.38. The standard InChI is InChI=1S/C23H33N5O3S/c1-15(2)12-28(18-7-5-4-6-8-18)20-10-9-17(16(3)13-31-14-29)11-19(20)25-23-27-26-22(32-23)21(24)30/h9-11,14-16,18H,4-8,12-13H2,1-3H3,(H2,24,30)(H,25,27)/t16-/m1/s1. The number of aromatic nitrogens is 2. The minimum absolute atomic E-state index is 0.0404. The Morgan fingerprint density at radius 1 is 1.28 bits per heavy atom. The molecule has 0 saturated heterocycles. The first-order chi connectivity index (χ1) is 15.4. The maximum Gasteiger partial charge on any atom is 0.293 e. The van der Waals surface area contributed by atoms with Gasteiger partial charge in [-0.05, 0) is 36.5 Å². The number of hydrogen-bond acceptors (Lipinski definition) is 8. The second-order valence-corrected chi connectivity index (χ2v) is 9.82. The van der Waals surface area contributed by atoms with Crippen LogP contribution >= 0.6 is 11.3 Å². The molecule has 8 nitrogen and oxygen atoms in total. The van der Waals surface area contributed by atoms with E-state index in [1.54, 1.807) is 0 Å². The van der Waals surface area contributed by atoms with E-state index in [1.807, 2.05) is 6.92 Å². The third-order valence-corrected chi connectivity index (χ3v) is 6.62. The molecular weight excluding hydrogens is 426 g/mol. The summed E-state index contributed by atoms with van der Waals surface area (Å²) in [6.07, 6.45) is 6.16. The quantitative estimate of drug-likeness (QED) is 0.478. The van der Waals surface area contributed by atoms with Crippen molar-refractivity contribution in [1.29, 1.82) is 0 Å². The molecule has 1 aromatic heterocycles.